The van der Waals surface area contributed by atoms with Crippen molar-refractivity contribution in [2.45, 2.75) is 19.5 Å². The van der Waals surface area contributed by atoms with Crippen LogP contribution in [-0.4, -0.2) is 58.1 Å². The number of likely N-dealkylation sites (N-methyl/N-ethyl adjacent to an activating group) is 1. The van der Waals surface area contributed by atoms with Crippen LogP contribution in [0.1, 0.15) is 12.5 Å². The quantitative estimate of drug-likeness (QED) is 0.627. The molecule has 0 fully saturated rings. The van der Waals surface area contributed by atoms with Gasteiger partial charge in [0.05, 0.1) is 19.1 Å². The molecule has 0 spiro atoms. The van der Waals surface area contributed by atoms with Crippen molar-refractivity contribution in [3.05, 3.63) is 59.9 Å². The van der Waals surface area contributed by atoms with Crippen molar-refractivity contribution in [1.29, 1.82) is 0 Å². The Morgan fingerprint density at radius 2 is 1.74 bits per heavy atom. The summed E-state index contributed by atoms with van der Waals surface area (Å²) in [5, 5.41) is 2.48. The molecule has 0 heterocycles. The van der Waals surface area contributed by atoms with Crippen LogP contribution in [-0.2, 0) is 26.2 Å². The summed E-state index contributed by atoms with van der Waals surface area (Å²) in [6.45, 7) is 0.928. The van der Waals surface area contributed by atoms with Gasteiger partial charge in [-0.15, -0.1) is 0 Å². The number of hydrogen-bond acceptors (Lipinski definition) is 5. The number of anilines is 1. The van der Waals surface area contributed by atoms with Gasteiger partial charge in [-0.2, -0.15) is 0 Å². The lowest BCUT2D eigenvalue weighted by molar-refractivity contribution is -0.139. The molecule has 2 rings (SSSR count). The van der Waals surface area contributed by atoms with Gasteiger partial charge in [0, 0.05) is 13.6 Å². The number of ether oxygens (including phenoxy) is 1. The standard InChI is InChI=1S/C21H26FN3O5S/c1-15(21(27)23-2)24(13-16-9-11-17(30-3)12-10-16)20(26)14-25(31(4,28)29)19-8-6-5-7-18(19)22/h5-12,15H,13-14H2,1-4H3,(H,23,27). The molecule has 0 aromatic heterocycles. The molecule has 1 N–H and O–H groups in total. The summed E-state index contributed by atoms with van der Waals surface area (Å²) in [5.41, 5.74) is 0.469. The van der Waals surface area contributed by atoms with Gasteiger partial charge in [-0.05, 0) is 36.8 Å². The Kier molecular flexibility index (Phi) is 7.98. The highest BCUT2D eigenvalue weighted by molar-refractivity contribution is 7.92. The lowest BCUT2D eigenvalue weighted by Crippen LogP contribution is -2.50. The number of para-hydroxylation sites is 1. The van der Waals surface area contributed by atoms with E-state index in [1.54, 1.807) is 24.3 Å². The fourth-order valence-corrected chi connectivity index (χ4v) is 3.82. The van der Waals surface area contributed by atoms with Crippen LogP contribution in [0.5, 0.6) is 5.75 Å². The normalized spacial score (nSPS) is 12.0. The summed E-state index contributed by atoms with van der Waals surface area (Å²) in [6.07, 6.45) is 0.892. The minimum atomic E-state index is -3.97. The number of benzene rings is 2. The molecule has 31 heavy (non-hydrogen) atoms. The zero-order chi connectivity index (χ0) is 23.2. The van der Waals surface area contributed by atoms with Gasteiger partial charge in [0.1, 0.15) is 24.2 Å². The highest BCUT2D eigenvalue weighted by Crippen LogP contribution is 2.22. The predicted octanol–water partition coefficient (Wildman–Crippen LogP) is 1.76. The molecule has 1 unspecified atom stereocenters. The molecule has 0 saturated heterocycles. The zero-order valence-corrected chi connectivity index (χ0v) is 18.6. The van der Waals surface area contributed by atoms with E-state index in [4.69, 9.17) is 4.74 Å². The fraction of sp³-hybridized carbons (Fsp3) is 0.333. The molecule has 2 aromatic rings. The van der Waals surface area contributed by atoms with E-state index in [1.165, 1.54) is 44.2 Å². The Morgan fingerprint density at radius 3 is 2.26 bits per heavy atom. The topological polar surface area (TPSA) is 96.0 Å². The number of sulfonamides is 1. The average molecular weight is 452 g/mol. The van der Waals surface area contributed by atoms with E-state index in [9.17, 15) is 22.4 Å². The lowest BCUT2D eigenvalue weighted by Gasteiger charge is -2.31. The van der Waals surface area contributed by atoms with Crippen LogP contribution < -0.4 is 14.4 Å². The number of carbonyl (C=O) groups is 2. The summed E-state index contributed by atoms with van der Waals surface area (Å²) in [6, 6.07) is 11.3. The molecular formula is C21H26FN3O5S. The van der Waals surface area contributed by atoms with Crippen molar-refractivity contribution in [3.63, 3.8) is 0 Å². The molecule has 168 valence electrons. The van der Waals surface area contributed by atoms with E-state index in [0.29, 0.717) is 15.6 Å². The summed E-state index contributed by atoms with van der Waals surface area (Å²) in [4.78, 5) is 26.7. The Balaban J connectivity index is 2.37. The second-order valence-electron chi connectivity index (χ2n) is 6.88. The maximum absolute atomic E-state index is 14.3. The number of rotatable bonds is 9. The minimum absolute atomic E-state index is 0.0479. The third-order valence-electron chi connectivity index (χ3n) is 4.73. The van der Waals surface area contributed by atoms with Crippen LogP contribution >= 0.6 is 0 Å². The van der Waals surface area contributed by atoms with Crippen molar-refractivity contribution in [2.24, 2.45) is 0 Å². The van der Waals surface area contributed by atoms with Crippen LogP contribution in [0.3, 0.4) is 0 Å². The molecule has 0 aliphatic carbocycles. The number of carbonyl (C=O) groups excluding carboxylic acids is 2. The number of nitrogens with zero attached hydrogens (tertiary/aromatic N) is 2. The van der Waals surface area contributed by atoms with Crippen LogP contribution in [0, 0.1) is 5.82 Å². The molecule has 0 radical (unpaired) electrons. The van der Waals surface area contributed by atoms with E-state index in [1.807, 2.05) is 0 Å². The first-order chi connectivity index (χ1) is 14.6. The van der Waals surface area contributed by atoms with E-state index < -0.39 is 40.2 Å². The zero-order valence-electron chi connectivity index (χ0n) is 17.8. The maximum Gasteiger partial charge on any atom is 0.244 e. The lowest BCUT2D eigenvalue weighted by atomic mass is 10.1. The highest BCUT2D eigenvalue weighted by atomic mass is 32.2. The Labute approximate surface area is 181 Å². The molecule has 8 nitrogen and oxygen atoms in total. The van der Waals surface area contributed by atoms with Crippen molar-refractivity contribution in [2.75, 3.05) is 31.3 Å². The minimum Gasteiger partial charge on any atom is -0.497 e. The van der Waals surface area contributed by atoms with E-state index in [-0.39, 0.29) is 12.2 Å². The Hall–Kier alpha value is -3.14. The van der Waals surface area contributed by atoms with Gasteiger partial charge >= 0.3 is 0 Å². The number of nitrogens with one attached hydrogen (secondary N) is 1. The molecule has 0 aliphatic heterocycles. The predicted molar refractivity (Wildman–Crippen MR) is 116 cm³/mol. The van der Waals surface area contributed by atoms with E-state index in [0.717, 1.165) is 12.3 Å². The third kappa shape index (κ3) is 6.17. The Morgan fingerprint density at radius 1 is 1.13 bits per heavy atom. The van der Waals surface area contributed by atoms with E-state index in [2.05, 4.69) is 5.32 Å². The van der Waals surface area contributed by atoms with Gasteiger partial charge in [0.15, 0.2) is 0 Å². The SMILES string of the molecule is CNC(=O)C(C)N(Cc1ccc(OC)cc1)C(=O)CN(c1ccccc1F)S(C)(=O)=O. The van der Waals surface area contributed by atoms with Crippen molar-refractivity contribution < 1.29 is 27.1 Å². The van der Waals surface area contributed by atoms with Crippen LogP contribution in [0.2, 0.25) is 0 Å². The second-order valence-corrected chi connectivity index (χ2v) is 8.79. The average Bonchev–Trinajstić information content (AvgIpc) is 2.74. The summed E-state index contributed by atoms with van der Waals surface area (Å²) >= 11 is 0. The van der Waals surface area contributed by atoms with Crippen LogP contribution in [0.25, 0.3) is 0 Å². The first-order valence-electron chi connectivity index (χ1n) is 9.44. The number of halogens is 1. The molecule has 1 atom stereocenters. The van der Waals surface area contributed by atoms with Gasteiger partial charge in [-0.25, -0.2) is 12.8 Å². The molecule has 10 heteroatoms. The van der Waals surface area contributed by atoms with Crippen molar-refractivity contribution in [3.8, 4) is 5.75 Å². The third-order valence-corrected chi connectivity index (χ3v) is 5.85. The summed E-state index contributed by atoms with van der Waals surface area (Å²) in [7, 11) is -1.00. The summed E-state index contributed by atoms with van der Waals surface area (Å²) in [5.74, 6) is -1.22. The second kappa shape index (κ2) is 10.3. The van der Waals surface area contributed by atoms with Gasteiger partial charge in [-0.1, -0.05) is 24.3 Å². The van der Waals surface area contributed by atoms with Crippen LogP contribution in [0.15, 0.2) is 48.5 Å². The van der Waals surface area contributed by atoms with Crippen molar-refractivity contribution in [1.82, 2.24) is 10.2 Å². The maximum atomic E-state index is 14.3. The molecule has 0 saturated carbocycles. The van der Waals surface area contributed by atoms with Gasteiger partial charge in [-0.3, -0.25) is 13.9 Å². The van der Waals surface area contributed by atoms with Gasteiger partial charge in [0.2, 0.25) is 21.8 Å². The molecule has 2 aromatic carbocycles. The smallest absolute Gasteiger partial charge is 0.244 e. The fourth-order valence-electron chi connectivity index (χ4n) is 2.97. The molecule has 2 amide bonds. The largest absolute Gasteiger partial charge is 0.497 e. The number of methoxy groups -OCH3 is 1. The van der Waals surface area contributed by atoms with Gasteiger partial charge in [0.25, 0.3) is 0 Å². The van der Waals surface area contributed by atoms with E-state index >= 15 is 0 Å². The number of hydrogen-bond donors (Lipinski definition) is 1. The number of amides is 2. The summed E-state index contributed by atoms with van der Waals surface area (Å²) < 4.78 is 44.7. The molecular weight excluding hydrogens is 425 g/mol. The van der Waals surface area contributed by atoms with Gasteiger partial charge < -0.3 is 15.0 Å². The van der Waals surface area contributed by atoms with Crippen molar-refractivity contribution >= 4 is 27.5 Å². The Bertz CT molecular complexity index is 1030. The molecule has 0 aliphatic rings. The first kappa shape index (κ1) is 24.1. The molecule has 0 bridgehead atoms. The highest BCUT2D eigenvalue weighted by Gasteiger charge is 2.30. The first-order valence-corrected chi connectivity index (χ1v) is 11.3. The monoisotopic (exact) mass is 451 g/mol. The van der Waals surface area contributed by atoms with Crippen LogP contribution in [0.4, 0.5) is 10.1 Å².